The predicted octanol–water partition coefficient (Wildman–Crippen LogP) is 3.01. The van der Waals surface area contributed by atoms with Crippen LogP contribution in [0.3, 0.4) is 0 Å². The molecule has 0 atom stereocenters. The summed E-state index contributed by atoms with van der Waals surface area (Å²) in [4.78, 5) is 12.8. The summed E-state index contributed by atoms with van der Waals surface area (Å²) in [6.07, 6.45) is 5.48. The predicted molar refractivity (Wildman–Crippen MR) is 96.2 cm³/mol. The summed E-state index contributed by atoms with van der Waals surface area (Å²) in [5, 5.41) is 11.1. The van der Waals surface area contributed by atoms with Gasteiger partial charge in [0.15, 0.2) is 5.82 Å². The summed E-state index contributed by atoms with van der Waals surface area (Å²) in [6.45, 7) is 0.990. The fraction of sp³-hybridized carbons (Fsp3) is 0.500. The third-order valence-electron chi connectivity index (χ3n) is 4.79. The van der Waals surface area contributed by atoms with E-state index in [1.165, 1.54) is 25.7 Å². The van der Waals surface area contributed by atoms with Crippen LogP contribution in [0.25, 0.3) is 0 Å². The maximum Gasteiger partial charge on any atom is 0.241 e. The van der Waals surface area contributed by atoms with E-state index in [0.717, 1.165) is 16.7 Å². The Balaban J connectivity index is 1.49. The van der Waals surface area contributed by atoms with Crippen molar-refractivity contribution in [2.45, 2.75) is 43.9 Å². The number of amides is 1. The largest absolute Gasteiger partial charge is 0.486 e. The third-order valence-corrected chi connectivity index (χ3v) is 5.69. The monoisotopic (exact) mass is 358 g/mol. The van der Waals surface area contributed by atoms with Gasteiger partial charge in [0.05, 0.1) is 6.54 Å². The molecule has 1 amide bonds. The second-order valence-electron chi connectivity index (χ2n) is 6.53. The van der Waals surface area contributed by atoms with Gasteiger partial charge in [0.25, 0.3) is 0 Å². The van der Waals surface area contributed by atoms with Gasteiger partial charge < -0.3 is 4.74 Å². The van der Waals surface area contributed by atoms with Gasteiger partial charge in [0, 0.05) is 12.2 Å². The first-order valence-electron chi connectivity index (χ1n) is 8.87. The van der Waals surface area contributed by atoms with Crippen LogP contribution in [0.2, 0.25) is 0 Å². The molecule has 2 aliphatic rings. The van der Waals surface area contributed by atoms with Crippen molar-refractivity contribution in [3.05, 3.63) is 36.2 Å². The Hall–Kier alpha value is -2.02. The minimum atomic E-state index is 0.175. The van der Waals surface area contributed by atoms with Crippen LogP contribution in [0.5, 0.6) is 5.75 Å². The molecule has 7 heteroatoms. The van der Waals surface area contributed by atoms with Gasteiger partial charge in [0.1, 0.15) is 12.4 Å². The van der Waals surface area contributed by atoms with Crippen LogP contribution in [0.15, 0.2) is 35.5 Å². The average Bonchev–Trinajstić information content (AvgIpc) is 3.30. The molecule has 4 rings (SSSR count). The number of thioether (sulfide) groups is 1. The highest BCUT2D eigenvalue weighted by molar-refractivity contribution is 7.99. The van der Waals surface area contributed by atoms with E-state index in [1.807, 2.05) is 40.0 Å². The Morgan fingerprint density at radius 3 is 2.80 bits per heavy atom. The van der Waals surface area contributed by atoms with E-state index < -0.39 is 0 Å². The number of benzene rings is 1. The Kier molecular flexibility index (Phi) is 4.92. The van der Waals surface area contributed by atoms with Crippen molar-refractivity contribution >= 4 is 17.7 Å². The second-order valence-corrected chi connectivity index (χ2v) is 7.59. The van der Waals surface area contributed by atoms with Gasteiger partial charge in [-0.1, -0.05) is 42.8 Å². The smallest absolute Gasteiger partial charge is 0.241 e. The molecule has 1 fully saturated rings. The lowest BCUT2D eigenvalue weighted by Crippen LogP contribution is -2.46. The minimum Gasteiger partial charge on any atom is -0.486 e. The lowest BCUT2D eigenvalue weighted by Gasteiger charge is -2.30. The molecule has 1 aliphatic heterocycles. The number of para-hydroxylation sites is 1. The molecule has 0 unspecified atom stereocenters. The number of carbonyl (C=O) groups excluding carboxylic acids is 1. The average molecular weight is 358 g/mol. The summed E-state index contributed by atoms with van der Waals surface area (Å²) in [6, 6.07) is 9.63. The van der Waals surface area contributed by atoms with Crippen molar-refractivity contribution in [3.8, 4) is 5.75 Å². The van der Waals surface area contributed by atoms with Crippen LogP contribution in [0.4, 0.5) is 0 Å². The molecule has 25 heavy (non-hydrogen) atoms. The first-order chi connectivity index (χ1) is 12.3. The van der Waals surface area contributed by atoms with Crippen molar-refractivity contribution < 1.29 is 9.53 Å². The molecule has 1 aliphatic carbocycles. The van der Waals surface area contributed by atoms with Gasteiger partial charge in [0.2, 0.25) is 11.1 Å². The van der Waals surface area contributed by atoms with Crippen LogP contribution in [-0.4, -0.2) is 33.1 Å². The van der Waals surface area contributed by atoms with E-state index in [-0.39, 0.29) is 5.91 Å². The summed E-state index contributed by atoms with van der Waals surface area (Å²) < 4.78 is 7.66. The van der Waals surface area contributed by atoms with E-state index in [2.05, 4.69) is 10.2 Å². The molecular weight excluding hydrogens is 336 g/mol. The molecule has 0 spiro atoms. The maximum atomic E-state index is 12.8. The SMILES string of the molecule is O=C(CC1CCCC1)N1CCSc2nnc(COc3ccccc3)n21. The van der Waals surface area contributed by atoms with E-state index in [4.69, 9.17) is 4.74 Å². The van der Waals surface area contributed by atoms with E-state index in [9.17, 15) is 4.79 Å². The highest BCUT2D eigenvalue weighted by Gasteiger charge is 2.29. The number of rotatable bonds is 5. The Bertz CT molecular complexity index is 728. The number of ether oxygens (including phenoxy) is 1. The molecule has 1 aromatic heterocycles. The van der Waals surface area contributed by atoms with Crippen LogP contribution in [0.1, 0.15) is 37.9 Å². The van der Waals surface area contributed by atoms with E-state index >= 15 is 0 Å². The number of fused-ring (bicyclic) bond motifs is 1. The Morgan fingerprint density at radius 2 is 2.00 bits per heavy atom. The van der Waals surface area contributed by atoms with Crippen LogP contribution in [-0.2, 0) is 11.4 Å². The van der Waals surface area contributed by atoms with Crippen LogP contribution >= 0.6 is 11.8 Å². The zero-order chi connectivity index (χ0) is 17.1. The summed E-state index contributed by atoms with van der Waals surface area (Å²) in [5.74, 6) is 3.02. The quantitative estimate of drug-likeness (QED) is 0.822. The summed E-state index contributed by atoms with van der Waals surface area (Å²) in [5.41, 5.74) is 0. The maximum absolute atomic E-state index is 12.8. The number of aromatic nitrogens is 3. The molecule has 2 aromatic rings. The molecule has 2 heterocycles. The van der Waals surface area contributed by atoms with Crippen molar-refractivity contribution in [1.29, 1.82) is 0 Å². The highest BCUT2D eigenvalue weighted by Crippen LogP contribution is 2.29. The van der Waals surface area contributed by atoms with Crippen molar-refractivity contribution in [1.82, 2.24) is 14.9 Å². The van der Waals surface area contributed by atoms with Crippen LogP contribution < -0.4 is 9.75 Å². The lowest BCUT2D eigenvalue weighted by molar-refractivity contribution is -0.121. The Labute approximate surface area is 151 Å². The molecular formula is C18H22N4O2S. The van der Waals surface area contributed by atoms with Crippen molar-refractivity contribution in [2.75, 3.05) is 17.3 Å². The van der Waals surface area contributed by atoms with Gasteiger partial charge in [-0.15, -0.1) is 10.2 Å². The number of hydrogen-bond donors (Lipinski definition) is 0. The normalized spacial score (nSPS) is 17.5. The van der Waals surface area contributed by atoms with Crippen molar-refractivity contribution in [2.24, 2.45) is 5.92 Å². The molecule has 0 bridgehead atoms. The molecule has 0 radical (unpaired) electrons. The standard InChI is InChI=1S/C18H22N4O2S/c23-17(12-14-6-4-5-7-14)21-10-11-25-18-20-19-16(22(18)21)13-24-15-8-2-1-3-9-15/h1-3,8-9,14H,4-7,10-13H2. The molecule has 6 nitrogen and oxygen atoms in total. The van der Waals surface area contributed by atoms with Gasteiger partial charge in [-0.05, 0) is 30.9 Å². The first kappa shape index (κ1) is 16.4. The third kappa shape index (κ3) is 3.66. The zero-order valence-electron chi connectivity index (χ0n) is 14.1. The number of nitrogens with zero attached hydrogens (tertiary/aromatic N) is 4. The van der Waals surface area contributed by atoms with Crippen LogP contribution in [0, 0.1) is 5.92 Å². The summed E-state index contributed by atoms with van der Waals surface area (Å²) >= 11 is 1.64. The lowest BCUT2D eigenvalue weighted by atomic mass is 10.0. The highest BCUT2D eigenvalue weighted by atomic mass is 32.2. The molecule has 0 N–H and O–H groups in total. The number of hydrogen-bond acceptors (Lipinski definition) is 5. The van der Waals surface area contributed by atoms with Gasteiger partial charge in [-0.2, -0.15) is 0 Å². The zero-order valence-corrected chi connectivity index (χ0v) is 15.0. The Morgan fingerprint density at radius 1 is 1.20 bits per heavy atom. The molecule has 0 saturated heterocycles. The van der Waals surface area contributed by atoms with E-state index in [1.54, 1.807) is 11.8 Å². The van der Waals surface area contributed by atoms with Gasteiger partial charge >= 0.3 is 0 Å². The molecule has 1 aromatic carbocycles. The van der Waals surface area contributed by atoms with E-state index in [0.29, 0.717) is 31.3 Å². The molecule has 132 valence electrons. The first-order valence-corrected chi connectivity index (χ1v) is 9.85. The topological polar surface area (TPSA) is 60.3 Å². The second kappa shape index (κ2) is 7.47. The van der Waals surface area contributed by atoms with Crippen molar-refractivity contribution in [3.63, 3.8) is 0 Å². The van der Waals surface area contributed by atoms with Gasteiger partial charge in [-0.25, -0.2) is 9.69 Å². The minimum absolute atomic E-state index is 0.175. The summed E-state index contributed by atoms with van der Waals surface area (Å²) in [7, 11) is 0. The fourth-order valence-electron chi connectivity index (χ4n) is 3.51. The molecule has 1 saturated carbocycles. The van der Waals surface area contributed by atoms with Gasteiger partial charge in [-0.3, -0.25) is 4.79 Å². The fourth-order valence-corrected chi connectivity index (χ4v) is 4.38. The number of carbonyl (C=O) groups is 1.